The number of aromatic amines is 1. The van der Waals surface area contributed by atoms with Crippen molar-refractivity contribution in [2.24, 2.45) is 0 Å². The first-order valence-corrected chi connectivity index (χ1v) is 9.19. The molecule has 7 heteroatoms. The van der Waals surface area contributed by atoms with Crippen LogP contribution in [-0.2, 0) is 0 Å². The van der Waals surface area contributed by atoms with E-state index in [4.69, 9.17) is 0 Å². The Labute approximate surface area is 161 Å². The Bertz CT molecular complexity index is 1040. The van der Waals surface area contributed by atoms with E-state index in [1.165, 1.54) is 22.9 Å². The van der Waals surface area contributed by atoms with E-state index in [2.05, 4.69) is 10.4 Å². The SMILES string of the molecule is Cc1ccc(-n2[nH]c(C(=O)N3CCNCC3c3ccc(F)cc3)cc2=O)cc1. The Morgan fingerprint density at radius 1 is 1.11 bits per heavy atom. The molecular weight excluding hydrogens is 359 g/mol. The summed E-state index contributed by atoms with van der Waals surface area (Å²) in [6, 6.07) is 14.7. The first kappa shape index (κ1) is 18.2. The van der Waals surface area contributed by atoms with Crippen molar-refractivity contribution >= 4 is 5.91 Å². The maximum absolute atomic E-state index is 13.3. The summed E-state index contributed by atoms with van der Waals surface area (Å²) >= 11 is 0. The molecule has 6 nitrogen and oxygen atoms in total. The van der Waals surface area contributed by atoms with Crippen LogP contribution in [0.15, 0.2) is 59.4 Å². The molecule has 2 aromatic carbocycles. The standard InChI is InChI=1S/C21H21FN4O2/c1-14-2-8-17(9-3-14)26-20(27)12-18(24-26)21(28)25-11-10-23-13-19(25)15-4-6-16(22)7-5-15/h2-9,12,19,23-24H,10-11,13H2,1H3. The second-order valence-electron chi connectivity index (χ2n) is 6.95. The Balaban J connectivity index is 1.64. The zero-order valence-corrected chi connectivity index (χ0v) is 15.5. The minimum Gasteiger partial charge on any atom is -0.328 e. The van der Waals surface area contributed by atoms with Gasteiger partial charge in [-0.3, -0.25) is 14.7 Å². The van der Waals surface area contributed by atoms with Crippen LogP contribution < -0.4 is 10.9 Å². The summed E-state index contributed by atoms with van der Waals surface area (Å²) in [5.74, 6) is -0.566. The minimum absolute atomic E-state index is 0.229. The van der Waals surface area contributed by atoms with Crippen LogP contribution in [0.5, 0.6) is 0 Å². The molecule has 1 aromatic heterocycles. The number of rotatable bonds is 3. The van der Waals surface area contributed by atoms with Gasteiger partial charge in [-0.05, 0) is 36.8 Å². The van der Waals surface area contributed by atoms with Gasteiger partial charge in [-0.25, -0.2) is 9.07 Å². The summed E-state index contributed by atoms with van der Waals surface area (Å²) in [5.41, 5.74) is 2.55. The van der Waals surface area contributed by atoms with Gasteiger partial charge in [0.1, 0.15) is 11.5 Å². The number of nitrogens with zero attached hydrogens (tertiary/aromatic N) is 2. The molecule has 2 N–H and O–H groups in total. The highest BCUT2D eigenvalue weighted by Gasteiger charge is 2.30. The van der Waals surface area contributed by atoms with Crippen molar-refractivity contribution in [2.45, 2.75) is 13.0 Å². The monoisotopic (exact) mass is 380 g/mol. The van der Waals surface area contributed by atoms with E-state index in [9.17, 15) is 14.0 Å². The summed E-state index contributed by atoms with van der Waals surface area (Å²) in [6.45, 7) is 3.70. The number of carbonyl (C=O) groups is 1. The van der Waals surface area contributed by atoms with Gasteiger partial charge in [0.2, 0.25) is 0 Å². The first-order chi connectivity index (χ1) is 13.5. The lowest BCUT2D eigenvalue weighted by molar-refractivity contribution is 0.0627. The second kappa shape index (κ2) is 7.44. The molecule has 0 aliphatic carbocycles. The number of H-pyrrole nitrogens is 1. The lowest BCUT2D eigenvalue weighted by atomic mass is 10.0. The number of aromatic nitrogens is 2. The Hall–Kier alpha value is -3.19. The molecule has 2 heterocycles. The molecule has 144 valence electrons. The molecule has 0 bridgehead atoms. The third-order valence-corrected chi connectivity index (χ3v) is 5.00. The number of amides is 1. The average molecular weight is 380 g/mol. The van der Waals surface area contributed by atoms with Gasteiger partial charge in [0.25, 0.3) is 11.5 Å². The van der Waals surface area contributed by atoms with E-state index in [1.807, 2.05) is 31.2 Å². The smallest absolute Gasteiger partial charge is 0.272 e. The van der Waals surface area contributed by atoms with E-state index in [0.29, 0.717) is 25.3 Å². The quantitative estimate of drug-likeness (QED) is 0.733. The topological polar surface area (TPSA) is 70.1 Å². The zero-order valence-electron chi connectivity index (χ0n) is 15.5. The van der Waals surface area contributed by atoms with Crippen molar-refractivity contribution in [3.63, 3.8) is 0 Å². The van der Waals surface area contributed by atoms with Gasteiger partial charge < -0.3 is 10.2 Å². The van der Waals surface area contributed by atoms with Crippen LogP contribution in [0.3, 0.4) is 0 Å². The number of nitrogens with one attached hydrogen (secondary N) is 2. The summed E-state index contributed by atoms with van der Waals surface area (Å²) in [7, 11) is 0. The largest absolute Gasteiger partial charge is 0.328 e. The van der Waals surface area contributed by atoms with Crippen LogP contribution in [0, 0.1) is 12.7 Å². The molecular formula is C21H21FN4O2. The number of halogens is 1. The van der Waals surface area contributed by atoms with Crippen LogP contribution in [0.1, 0.15) is 27.7 Å². The van der Waals surface area contributed by atoms with Gasteiger partial charge in [0.15, 0.2) is 0 Å². The third kappa shape index (κ3) is 3.48. The van der Waals surface area contributed by atoms with Crippen molar-refractivity contribution in [1.29, 1.82) is 0 Å². The van der Waals surface area contributed by atoms with Crippen molar-refractivity contribution in [2.75, 3.05) is 19.6 Å². The van der Waals surface area contributed by atoms with Gasteiger partial charge >= 0.3 is 0 Å². The van der Waals surface area contributed by atoms with Gasteiger partial charge in [0.05, 0.1) is 11.7 Å². The van der Waals surface area contributed by atoms with Crippen LogP contribution >= 0.6 is 0 Å². The van der Waals surface area contributed by atoms with Crippen LogP contribution in [-0.4, -0.2) is 40.2 Å². The summed E-state index contributed by atoms with van der Waals surface area (Å²) in [5, 5.41) is 6.20. The number of piperazine rings is 1. The maximum Gasteiger partial charge on any atom is 0.272 e. The number of benzene rings is 2. The maximum atomic E-state index is 13.3. The molecule has 1 unspecified atom stereocenters. The van der Waals surface area contributed by atoms with Crippen molar-refractivity contribution < 1.29 is 9.18 Å². The molecule has 0 radical (unpaired) electrons. The molecule has 4 rings (SSSR count). The predicted molar refractivity (Wildman–Crippen MR) is 104 cm³/mol. The third-order valence-electron chi connectivity index (χ3n) is 5.00. The molecule has 0 saturated carbocycles. The summed E-state index contributed by atoms with van der Waals surface area (Å²) in [4.78, 5) is 27.3. The fourth-order valence-electron chi connectivity index (χ4n) is 3.48. The fourth-order valence-corrected chi connectivity index (χ4v) is 3.48. The molecule has 1 aliphatic heterocycles. The zero-order chi connectivity index (χ0) is 19.7. The molecule has 3 aromatic rings. The van der Waals surface area contributed by atoms with Crippen molar-refractivity contribution in [3.8, 4) is 5.69 Å². The highest BCUT2D eigenvalue weighted by Crippen LogP contribution is 2.24. The highest BCUT2D eigenvalue weighted by molar-refractivity contribution is 5.92. The molecule has 1 saturated heterocycles. The van der Waals surface area contributed by atoms with E-state index < -0.39 is 0 Å². The Morgan fingerprint density at radius 3 is 2.54 bits per heavy atom. The van der Waals surface area contributed by atoms with Crippen LogP contribution in [0.25, 0.3) is 5.69 Å². The van der Waals surface area contributed by atoms with Crippen molar-refractivity contribution in [3.05, 3.63) is 87.6 Å². The van der Waals surface area contributed by atoms with E-state index in [-0.39, 0.29) is 29.0 Å². The number of hydrogen-bond donors (Lipinski definition) is 2. The second-order valence-corrected chi connectivity index (χ2v) is 6.95. The van der Waals surface area contributed by atoms with Crippen LogP contribution in [0.4, 0.5) is 4.39 Å². The van der Waals surface area contributed by atoms with E-state index in [1.54, 1.807) is 17.0 Å². The van der Waals surface area contributed by atoms with Gasteiger partial charge in [0, 0.05) is 25.7 Å². The van der Waals surface area contributed by atoms with Gasteiger partial charge in [-0.1, -0.05) is 29.8 Å². The predicted octanol–water partition coefficient (Wildman–Crippen LogP) is 2.40. The molecule has 1 fully saturated rings. The van der Waals surface area contributed by atoms with Gasteiger partial charge in [-0.15, -0.1) is 0 Å². The fraction of sp³-hybridized carbons (Fsp3) is 0.238. The molecule has 1 aliphatic rings. The molecule has 28 heavy (non-hydrogen) atoms. The molecule has 1 atom stereocenters. The van der Waals surface area contributed by atoms with Crippen molar-refractivity contribution in [1.82, 2.24) is 20.0 Å². The number of hydrogen-bond acceptors (Lipinski definition) is 3. The Morgan fingerprint density at radius 2 is 1.82 bits per heavy atom. The lowest BCUT2D eigenvalue weighted by Crippen LogP contribution is -2.48. The highest BCUT2D eigenvalue weighted by atomic mass is 19.1. The summed E-state index contributed by atoms with van der Waals surface area (Å²) < 4.78 is 14.6. The number of aryl methyl sites for hydroxylation is 1. The molecule has 0 spiro atoms. The Kier molecular flexibility index (Phi) is 4.83. The van der Waals surface area contributed by atoms with E-state index >= 15 is 0 Å². The molecule has 1 amide bonds. The summed E-state index contributed by atoms with van der Waals surface area (Å²) in [6.07, 6.45) is 0. The van der Waals surface area contributed by atoms with Gasteiger partial charge in [-0.2, -0.15) is 0 Å². The first-order valence-electron chi connectivity index (χ1n) is 9.19. The normalized spacial score (nSPS) is 16.9. The minimum atomic E-state index is -0.315. The van der Waals surface area contributed by atoms with Crippen LogP contribution in [0.2, 0.25) is 0 Å². The number of carbonyl (C=O) groups excluding carboxylic acids is 1. The lowest BCUT2D eigenvalue weighted by Gasteiger charge is -2.36. The van der Waals surface area contributed by atoms with E-state index in [0.717, 1.165) is 11.1 Å². The average Bonchev–Trinajstić information content (AvgIpc) is 3.10.